The van der Waals surface area contributed by atoms with Crippen LogP contribution >= 0.6 is 0 Å². The number of amides is 1. The molecule has 2 aromatic carbocycles. The number of benzene rings is 2. The molecule has 3 heterocycles. The number of nitrogens with one attached hydrogen (secondary N) is 1. The SMILES string of the molecule is CC(C)Nc1nc2c(c(=O)n1-c1ccc(S(C)(=O)=O)cc1)CCN(C(=O)c1nc3ccccc3o1)C2. The first-order valence-corrected chi connectivity index (χ1v) is 13.4. The number of nitrogens with zero attached hydrogens (tertiary/aromatic N) is 4. The van der Waals surface area contributed by atoms with Crippen molar-refractivity contribution in [3.8, 4) is 5.69 Å². The van der Waals surface area contributed by atoms with E-state index in [0.717, 1.165) is 6.26 Å². The molecule has 0 saturated carbocycles. The van der Waals surface area contributed by atoms with Gasteiger partial charge in [0.25, 0.3) is 11.4 Å². The van der Waals surface area contributed by atoms with E-state index >= 15 is 0 Å². The quantitative estimate of drug-likeness (QED) is 0.437. The number of carbonyl (C=O) groups is 1. The van der Waals surface area contributed by atoms with Crippen molar-refractivity contribution < 1.29 is 17.6 Å². The third-order valence-electron chi connectivity index (χ3n) is 5.94. The Labute approximate surface area is 207 Å². The van der Waals surface area contributed by atoms with E-state index in [-0.39, 0.29) is 34.8 Å². The van der Waals surface area contributed by atoms with Crippen LogP contribution in [0, 0.1) is 0 Å². The van der Waals surface area contributed by atoms with Gasteiger partial charge >= 0.3 is 5.91 Å². The van der Waals surface area contributed by atoms with E-state index in [2.05, 4.69) is 10.3 Å². The van der Waals surface area contributed by atoms with Crippen LogP contribution in [0.15, 0.2) is 62.6 Å². The second-order valence-corrected chi connectivity index (χ2v) is 11.0. The molecule has 0 atom stereocenters. The van der Waals surface area contributed by atoms with Crippen LogP contribution < -0.4 is 10.9 Å². The fourth-order valence-electron chi connectivity index (χ4n) is 4.20. The monoisotopic (exact) mass is 507 g/mol. The molecule has 5 rings (SSSR count). The molecule has 4 aromatic rings. The maximum absolute atomic E-state index is 13.6. The van der Waals surface area contributed by atoms with Crippen LogP contribution in [0.4, 0.5) is 5.95 Å². The van der Waals surface area contributed by atoms with Gasteiger partial charge in [-0.05, 0) is 56.7 Å². The molecule has 0 saturated heterocycles. The zero-order valence-electron chi connectivity index (χ0n) is 20.1. The third kappa shape index (κ3) is 4.37. The fraction of sp³-hybridized carbons (Fsp3) is 0.280. The van der Waals surface area contributed by atoms with Crippen LogP contribution in [0.1, 0.15) is 35.8 Å². The molecular weight excluding hydrogens is 482 g/mol. The molecule has 0 radical (unpaired) electrons. The summed E-state index contributed by atoms with van der Waals surface area (Å²) >= 11 is 0. The van der Waals surface area contributed by atoms with Crippen molar-refractivity contribution >= 4 is 32.8 Å². The highest BCUT2D eigenvalue weighted by atomic mass is 32.2. The molecule has 186 valence electrons. The topological polar surface area (TPSA) is 127 Å². The number of hydrogen-bond acceptors (Lipinski definition) is 8. The van der Waals surface area contributed by atoms with Crippen molar-refractivity contribution in [1.82, 2.24) is 19.4 Å². The van der Waals surface area contributed by atoms with Crippen molar-refractivity contribution in [1.29, 1.82) is 0 Å². The predicted molar refractivity (Wildman–Crippen MR) is 134 cm³/mol. The molecule has 2 aromatic heterocycles. The summed E-state index contributed by atoms with van der Waals surface area (Å²) in [6.45, 7) is 4.30. The van der Waals surface area contributed by atoms with E-state index in [1.165, 1.54) is 16.7 Å². The number of hydrogen-bond donors (Lipinski definition) is 1. The first kappa shape index (κ1) is 23.7. The number of para-hydroxylation sites is 2. The van der Waals surface area contributed by atoms with Gasteiger partial charge in [-0.3, -0.25) is 9.59 Å². The largest absolute Gasteiger partial charge is 0.432 e. The van der Waals surface area contributed by atoms with E-state index in [0.29, 0.717) is 47.0 Å². The highest BCUT2D eigenvalue weighted by molar-refractivity contribution is 7.90. The molecule has 0 spiro atoms. The summed E-state index contributed by atoms with van der Waals surface area (Å²) in [6.07, 6.45) is 1.45. The van der Waals surface area contributed by atoms with Crippen molar-refractivity contribution in [2.24, 2.45) is 0 Å². The Morgan fingerprint density at radius 2 is 1.81 bits per heavy atom. The minimum atomic E-state index is -3.37. The molecule has 36 heavy (non-hydrogen) atoms. The number of carbonyl (C=O) groups excluding carboxylic acids is 1. The van der Waals surface area contributed by atoms with Crippen molar-refractivity contribution in [2.75, 3.05) is 18.1 Å². The minimum absolute atomic E-state index is 0.000475. The molecule has 0 unspecified atom stereocenters. The lowest BCUT2D eigenvalue weighted by atomic mass is 10.1. The smallest absolute Gasteiger partial charge is 0.310 e. The zero-order valence-corrected chi connectivity index (χ0v) is 20.9. The van der Waals surface area contributed by atoms with E-state index < -0.39 is 9.84 Å². The lowest BCUT2D eigenvalue weighted by Gasteiger charge is -2.28. The maximum atomic E-state index is 13.6. The Morgan fingerprint density at radius 1 is 1.08 bits per heavy atom. The van der Waals surface area contributed by atoms with Crippen molar-refractivity contribution in [3.63, 3.8) is 0 Å². The summed E-state index contributed by atoms with van der Waals surface area (Å²) < 4.78 is 30.8. The van der Waals surface area contributed by atoms with Crippen molar-refractivity contribution in [2.45, 2.75) is 37.8 Å². The maximum Gasteiger partial charge on any atom is 0.310 e. The normalized spacial score (nSPS) is 13.7. The highest BCUT2D eigenvalue weighted by Crippen LogP contribution is 2.23. The standard InChI is InChI=1S/C25H25N5O5S/c1-15(2)26-25-28-20-14-29(24(32)22-27-19-6-4-5-7-21(19)35-22)13-12-18(20)23(31)30(25)16-8-10-17(11-9-16)36(3,33)34/h4-11,15H,12-14H2,1-3H3,(H,26,28). The Hall–Kier alpha value is -3.99. The van der Waals surface area contributed by atoms with Crippen LogP contribution in [0.25, 0.3) is 16.8 Å². The number of fused-ring (bicyclic) bond motifs is 2. The van der Waals surface area contributed by atoms with Gasteiger partial charge in [0.2, 0.25) is 5.95 Å². The lowest BCUT2D eigenvalue weighted by molar-refractivity contribution is 0.0693. The van der Waals surface area contributed by atoms with Crippen LogP contribution in [0.2, 0.25) is 0 Å². The number of aromatic nitrogens is 3. The summed E-state index contributed by atoms with van der Waals surface area (Å²) in [7, 11) is -3.37. The molecule has 1 N–H and O–H groups in total. The first-order chi connectivity index (χ1) is 17.1. The van der Waals surface area contributed by atoms with Gasteiger partial charge in [0.15, 0.2) is 15.4 Å². The molecule has 0 fully saturated rings. The second-order valence-electron chi connectivity index (χ2n) is 9.03. The summed E-state index contributed by atoms with van der Waals surface area (Å²) in [5.74, 6) is -0.0472. The molecule has 1 amide bonds. The lowest BCUT2D eigenvalue weighted by Crippen LogP contribution is -2.41. The van der Waals surface area contributed by atoms with E-state index in [1.54, 1.807) is 29.2 Å². The van der Waals surface area contributed by atoms with Crippen LogP contribution in [0.5, 0.6) is 0 Å². The van der Waals surface area contributed by atoms with Crippen LogP contribution in [0.3, 0.4) is 0 Å². The highest BCUT2D eigenvalue weighted by Gasteiger charge is 2.29. The Kier molecular flexibility index (Phi) is 5.87. The summed E-state index contributed by atoms with van der Waals surface area (Å²) in [4.78, 5) is 37.5. The molecule has 1 aliphatic rings. The molecule has 0 aliphatic carbocycles. The Bertz CT molecular complexity index is 1600. The average molecular weight is 508 g/mol. The molecular formula is C25H25N5O5S. The zero-order chi connectivity index (χ0) is 25.6. The van der Waals surface area contributed by atoms with Gasteiger partial charge in [0.05, 0.1) is 22.8 Å². The number of sulfone groups is 1. The molecule has 1 aliphatic heterocycles. The van der Waals surface area contributed by atoms with Gasteiger partial charge < -0.3 is 14.6 Å². The Balaban J connectivity index is 1.52. The summed E-state index contributed by atoms with van der Waals surface area (Å²) in [6, 6.07) is 13.2. The third-order valence-corrected chi connectivity index (χ3v) is 7.07. The minimum Gasteiger partial charge on any atom is -0.432 e. The fourth-order valence-corrected chi connectivity index (χ4v) is 4.83. The van der Waals surface area contributed by atoms with Gasteiger partial charge in [-0.25, -0.2) is 23.0 Å². The second kappa shape index (κ2) is 8.90. The summed E-state index contributed by atoms with van der Waals surface area (Å²) in [5.41, 5.74) is 2.38. The Morgan fingerprint density at radius 3 is 2.47 bits per heavy atom. The van der Waals surface area contributed by atoms with Crippen LogP contribution in [-0.2, 0) is 22.8 Å². The van der Waals surface area contributed by atoms with E-state index in [4.69, 9.17) is 9.40 Å². The number of rotatable bonds is 5. The average Bonchev–Trinajstić information content (AvgIpc) is 3.27. The van der Waals surface area contributed by atoms with Gasteiger partial charge in [0, 0.05) is 24.4 Å². The van der Waals surface area contributed by atoms with Crippen LogP contribution in [-0.4, -0.2) is 52.6 Å². The van der Waals surface area contributed by atoms with Gasteiger partial charge in [0.1, 0.15) is 5.52 Å². The first-order valence-electron chi connectivity index (χ1n) is 11.5. The molecule has 10 nitrogen and oxygen atoms in total. The predicted octanol–water partition coefficient (Wildman–Crippen LogP) is 2.80. The molecule has 11 heteroatoms. The van der Waals surface area contributed by atoms with Gasteiger partial charge in [-0.2, -0.15) is 0 Å². The van der Waals surface area contributed by atoms with Gasteiger partial charge in [-0.1, -0.05) is 12.1 Å². The van der Waals surface area contributed by atoms with E-state index in [1.807, 2.05) is 26.0 Å². The number of anilines is 1. The van der Waals surface area contributed by atoms with E-state index in [9.17, 15) is 18.0 Å². The van der Waals surface area contributed by atoms with Gasteiger partial charge in [-0.15, -0.1) is 0 Å². The van der Waals surface area contributed by atoms with Crippen molar-refractivity contribution in [3.05, 3.63) is 76.0 Å². The molecule has 0 bridgehead atoms. The number of oxazole rings is 1. The summed E-state index contributed by atoms with van der Waals surface area (Å²) in [5, 5.41) is 3.20.